The summed E-state index contributed by atoms with van der Waals surface area (Å²) >= 11 is 0. The molecule has 1 aliphatic rings. The van der Waals surface area contributed by atoms with E-state index in [4.69, 9.17) is 4.42 Å². The van der Waals surface area contributed by atoms with Crippen molar-refractivity contribution in [2.24, 2.45) is 0 Å². The van der Waals surface area contributed by atoms with Crippen LogP contribution >= 0.6 is 0 Å². The lowest BCUT2D eigenvalue weighted by Gasteiger charge is -2.35. The Morgan fingerprint density at radius 2 is 1.75 bits per heavy atom. The number of piperazine rings is 1. The van der Waals surface area contributed by atoms with E-state index in [9.17, 15) is 5.11 Å². The molecule has 1 unspecified atom stereocenters. The van der Waals surface area contributed by atoms with E-state index in [1.165, 1.54) is 0 Å². The maximum absolute atomic E-state index is 10.3. The maximum atomic E-state index is 10.3. The topological polar surface area (TPSA) is 52.7 Å². The Kier molecular flexibility index (Phi) is 5.66. The lowest BCUT2D eigenvalue weighted by atomic mass is 10.1. The van der Waals surface area contributed by atoms with Gasteiger partial charge in [0.25, 0.3) is 0 Å². The number of benzene rings is 1. The van der Waals surface area contributed by atoms with Gasteiger partial charge < -0.3 is 9.52 Å². The number of hydrogen-bond donors (Lipinski definition) is 1. The average Bonchev–Trinajstić information content (AvgIpc) is 3.06. The van der Waals surface area contributed by atoms with Gasteiger partial charge in [0.15, 0.2) is 0 Å². The summed E-state index contributed by atoms with van der Waals surface area (Å²) in [5.74, 6) is 2.13. The molecule has 5 nitrogen and oxygen atoms in total. The normalized spacial score (nSPS) is 18.2. The molecule has 0 aliphatic carbocycles. The first kappa shape index (κ1) is 17.1. The number of β-amino-alcohol motifs (C(OH)–C–C–N with tert-alkyl or cyclic N) is 1. The van der Waals surface area contributed by atoms with Crippen LogP contribution in [0.15, 0.2) is 40.9 Å². The standard InChI is InChI=1S/C19H27N3O2/c1-15(2)18-12-20-19(24-18)14-22-10-8-21(9-11-22)13-17(23)16-6-4-3-5-7-16/h3-7,12,15,17,23H,8-11,13-14H2,1-2H3. The van der Waals surface area contributed by atoms with Gasteiger partial charge in [0.2, 0.25) is 5.89 Å². The molecule has 130 valence electrons. The van der Waals surface area contributed by atoms with Crippen molar-refractivity contribution in [3.63, 3.8) is 0 Å². The first-order valence-corrected chi connectivity index (χ1v) is 8.74. The molecule has 1 N–H and O–H groups in total. The molecule has 24 heavy (non-hydrogen) atoms. The second-order valence-corrected chi connectivity index (χ2v) is 6.81. The largest absolute Gasteiger partial charge is 0.444 e. The summed E-state index contributed by atoms with van der Waals surface area (Å²) in [6.45, 7) is 9.55. The van der Waals surface area contributed by atoms with Crippen molar-refractivity contribution >= 4 is 0 Å². The van der Waals surface area contributed by atoms with E-state index in [1.54, 1.807) is 0 Å². The second-order valence-electron chi connectivity index (χ2n) is 6.81. The Balaban J connectivity index is 1.45. The molecule has 0 saturated carbocycles. The first-order chi connectivity index (χ1) is 11.6. The lowest BCUT2D eigenvalue weighted by Crippen LogP contribution is -2.47. The number of aliphatic hydroxyl groups is 1. The van der Waals surface area contributed by atoms with Gasteiger partial charge >= 0.3 is 0 Å². The van der Waals surface area contributed by atoms with E-state index in [2.05, 4.69) is 28.6 Å². The van der Waals surface area contributed by atoms with Crippen molar-refractivity contribution in [1.29, 1.82) is 0 Å². The minimum absolute atomic E-state index is 0.377. The molecule has 1 fully saturated rings. The zero-order valence-corrected chi connectivity index (χ0v) is 14.6. The van der Waals surface area contributed by atoms with Crippen LogP contribution in [0.3, 0.4) is 0 Å². The van der Waals surface area contributed by atoms with Gasteiger partial charge in [-0.2, -0.15) is 0 Å². The highest BCUT2D eigenvalue weighted by Crippen LogP contribution is 2.18. The zero-order chi connectivity index (χ0) is 16.9. The highest BCUT2D eigenvalue weighted by Gasteiger charge is 2.21. The van der Waals surface area contributed by atoms with Crippen LogP contribution in [0.25, 0.3) is 0 Å². The quantitative estimate of drug-likeness (QED) is 0.883. The van der Waals surface area contributed by atoms with E-state index < -0.39 is 6.10 Å². The predicted molar refractivity (Wildman–Crippen MR) is 93.7 cm³/mol. The van der Waals surface area contributed by atoms with Gasteiger partial charge in [-0.3, -0.25) is 9.80 Å². The molecule has 1 atom stereocenters. The molecule has 0 amide bonds. The Hall–Kier alpha value is -1.69. The number of rotatable bonds is 6. The molecular formula is C19H27N3O2. The molecule has 5 heteroatoms. The minimum atomic E-state index is -0.418. The van der Waals surface area contributed by atoms with Gasteiger partial charge in [0.05, 0.1) is 18.8 Å². The Bertz CT molecular complexity index is 619. The number of aliphatic hydroxyl groups excluding tert-OH is 1. The highest BCUT2D eigenvalue weighted by atomic mass is 16.4. The summed E-state index contributed by atoms with van der Waals surface area (Å²) in [7, 11) is 0. The third kappa shape index (κ3) is 4.44. The van der Waals surface area contributed by atoms with Crippen LogP contribution in [0, 0.1) is 0 Å². The van der Waals surface area contributed by atoms with Crippen molar-refractivity contribution in [3.05, 3.63) is 53.7 Å². The van der Waals surface area contributed by atoms with Gasteiger partial charge in [0.1, 0.15) is 5.76 Å². The van der Waals surface area contributed by atoms with Crippen LogP contribution < -0.4 is 0 Å². The highest BCUT2D eigenvalue weighted by molar-refractivity contribution is 5.17. The van der Waals surface area contributed by atoms with Crippen molar-refractivity contribution < 1.29 is 9.52 Å². The van der Waals surface area contributed by atoms with Crippen molar-refractivity contribution in [2.75, 3.05) is 32.7 Å². The average molecular weight is 329 g/mol. The fourth-order valence-corrected chi connectivity index (χ4v) is 3.01. The summed E-state index contributed by atoms with van der Waals surface area (Å²) in [6.07, 6.45) is 1.42. The van der Waals surface area contributed by atoms with Gasteiger partial charge in [-0.05, 0) is 5.56 Å². The van der Waals surface area contributed by atoms with Crippen LogP contribution in [-0.4, -0.2) is 52.6 Å². The van der Waals surface area contributed by atoms with Crippen LogP contribution in [0.2, 0.25) is 0 Å². The van der Waals surface area contributed by atoms with Crippen LogP contribution in [-0.2, 0) is 6.54 Å². The summed E-state index contributed by atoms with van der Waals surface area (Å²) in [5, 5.41) is 10.3. The van der Waals surface area contributed by atoms with Gasteiger partial charge in [-0.1, -0.05) is 44.2 Å². The molecule has 0 spiro atoms. The number of hydrogen-bond acceptors (Lipinski definition) is 5. The van der Waals surface area contributed by atoms with Crippen LogP contribution in [0.5, 0.6) is 0 Å². The van der Waals surface area contributed by atoms with Gasteiger partial charge in [-0.15, -0.1) is 0 Å². The fraction of sp³-hybridized carbons (Fsp3) is 0.526. The monoisotopic (exact) mass is 329 g/mol. The van der Waals surface area contributed by atoms with Crippen molar-refractivity contribution in [2.45, 2.75) is 32.4 Å². The molecule has 1 aliphatic heterocycles. The molecular weight excluding hydrogens is 302 g/mol. The van der Waals surface area contributed by atoms with Crippen LogP contribution in [0.4, 0.5) is 0 Å². The summed E-state index contributed by atoms with van der Waals surface area (Å²) in [5.41, 5.74) is 0.987. The SMILES string of the molecule is CC(C)c1cnc(CN2CCN(CC(O)c3ccccc3)CC2)o1. The van der Waals surface area contributed by atoms with Crippen molar-refractivity contribution in [1.82, 2.24) is 14.8 Å². The number of nitrogens with zero attached hydrogens (tertiary/aromatic N) is 3. The number of aromatic nitrogens is 1. The molecule has 0 bridgehead atoms. The first-order valence-electron chi connectivity index (χ1n) is 8.74. The van der Waals surface area contributed by atoms with Crippen molar-refractivity contribution in [3.8, 4) is 0 Å². The van der Waals surface area contributed by atoms with E-state index in [-0.39, 0.29) is 0 Å². The number of oxazole rings is 1. The maximum Gasteiger partial charge on any atom is 0.208 e. The molecule has 2 aromatic rings. The molecule has 0 radical (unpaired) electrons. The zero-order valence-electron chi connectivity index (χ0n) is 14.6. The summed E-state index contributed by atoms with van der Waals surface area (Å²) in [4.78, 5) is 9.06. The summed E-state index contributed by atoms with van der Waals surface area (Å²) in [6, 6.07) is 9.88. The van der Waals surface area contributed by atoms with Crippen LogP contribution in [0.1, 0.15) is 43.1 Å². The molecule has 1 aromatic heterocycles. The lowest BCUT2D eigenvalue weighted by molar-refractivity contribution is 0.0670. The summed E-state index contributed by atoms with van der Waals surface area (Å²) < 4.78 is 5.79. The predicted octanol–water partition coefficient (Wildman–Crippen LogP) is 2.65. The van der Waals surface area contributed by atoms with E-state index >= 15 is 0 Å². The van der Waals surface area contributed by atoms with Gasteiger partial charge in [0, 0.05) is 38.6 Å². The van der Waals surface area contributed by atoms with E-state index in [1.807, 2.05) is 36.5 Å². The van der Waals surface area contributed by atoms with E-state index in [0.29, 0.717) is 12.5 Å². The molecule has 1 saturated heterocycles. The second kappa shape index (κ2) is 7.92. The molecule has 2 heterocycles. The molecule has 1 aromatic carbocycles. The Labute approximate surface area is 143 Å². The van der Waals surface area contributed by atoms with Gasteiger partial charge in [-0.25, -0.2) is 4.98 Å². The molecule has 3 rings (SSSR count). The minimum Gasteiger partial charge on any atom is -0.444 e. The fourth-order valence-electron chi connectivity index (χ4n) is 3.01. The third-order valence-corrected chi connectivity index (χ3v) is 4.58. The third-order valence-electron chi connectivity index (χ3n) is 4.58. The Morgan fingerprint density at radius 3 is 2.38 bits per heavy atom. The smallest absolute Gasteiger partial charge is 0.208 e. The Morgan fingerprint density at radius 1 is 1.08 bits per heavy atom. The van der Waals surface area contributed by atoms with E-state index in [0.717, 1.165) is 49.9 Å².